The number of carbonyl (C=O) groups excluding carboxylic acids is 1. The van der Waals surface area contributed by atoms with Crippen molar-refractivity contribution in [3.63, 3.8) is 0 Å². The number of rotatable bonds is 4. The van der Waals surface area contributed by atoms with Crippen molar-refractivity contribution in [2.45, 2.75) is 32.2 Å². The fourth-order valence-electron chi connectivity index (χ4n) is 2.53. The maximum Gasteiger partial charge on any atom is 0.255 e. The lowest BCUT2D eigenvalue weighted by Crippen LogP contribution is -2.44. The molecule has 0 aliphatic carbocycles. The van der Waals surface area contributed by atoms with E-state index in [2.05, 4.69) is 17.1 Å². The Bertz CT molecular complexity index is 455. The zero-order chi connectivity index (χ0) is 14.5. The summed E-state index contributed by atoms with van der Waals surface area (Å²) in [5.74, 6) is -1.03. The van der Waals surface area contributed by atoms with Gasteiger partial charge >= 0.3 is 0 Å². The number of halogens is 2. The first kappa shape index (κ1) is 15.3. The molecule has 1 saturated heterocycles. The van der Waals surface area contributed by atoms with Gasteiger partial charge in [0, 0.05) is 12.6 Å². The van der Waals surface area contributed by atoms with Crippen LogP contribution in [0.2, 0.25) is 5.02 Å². The number of nitrogens with one attached hydrogen (secondary N) is 1. The highest BCUT2D eigenvalue weighted by Gasteiger charge is 2.19. The van der Waals surface area contributed by atoms with Crippen LogP contribution in [0.3, 0.4) is 0 Å². The third-order valence-electron chi connectivity index (χ3n) is 3.76. The SMILES string of the molecule is CC(CNC(=O)c1c(F)cccc1Cl)N1CCCCC1. The topological polar surface area (TPSA) is 32.3 Å². The van der Waals surface area contributed by atoms with Crippen molar-refractivity contribution in [2.75, 3.05) is 19.6 Å². The third kappa shape index (κ3) is 3.70. The smallest absolute Gasteiger partial charge is 0.255 e. The molecule has 1 unspecified atom stereocenters. The number of amides is 1. The second kappa shape index (κ2) is 7.04. The number of hydrogen-bond donors (Lipinski definition) is 1. The second-order valence-corrected chi connectivity index (χ2v) is 5.66. The van der Waals surface area contributed by atoms with Gasteiger partial charge in [0.1, 0.15) is 5.82 Å². The van der Waals surface area contributed by atoms with E-state index in [4.69, 9.17) is 11.6 Å². The quantitative estimate of drug-likeness (QED) is 0.926. The molecule has 20 heavy (non-hydrogen) atoms. The van der Waals surface area contributed by atoms with Gasteiger partial charge in [-0.15, -0.1) is 0 Å². The predicted octanol–water partition coefficient (Wildman–Crippen LogP) is 3.08. The molecule has 1 heterocycles. The molecule has 1 aromatic rings. The van der Waals surface area contributed by atoms with Gasteiger partial charge in [0.2, 0.25) is 0 Å². The van der Waals surface area contributed by atoms with Crippen LogP contribution in [0.5, 0.6) is 0 Å². The van der Waals surface area contributed by atoms with E-state index in [9.17, 15) is 9.18 Å². The minimum Gasteiger partial charge on any atom is -0.350 e. The van der Waals surface area contributed by atoms with Crippen molar-refractivity contribution in [3.05, 3.63) is 34.6 Å². The maximum absolute atomic E-state index is 13.6. The molecule has 1 fully saturated rings. The Balaban J connectivity index is 1.91. The van der Waals surface area contributed by atoms with E-state index in [-0.39, 0.29) is 16.6 Å². The summed E-state index contributed by atoms with van der Waals surface area (Å²) in [5.41, 5.74) is -0.0694. The molecule has 1 atom stereocenters. The van der Waals surface area contributed by atoms with Gasteiger partial charge in [-0.1, -0.05) is 24.1 Å². The first-order chi connectivity index (χ1) is 9.59. The summed E-state index contributed by atoms with van der Waals surface area (Å²) < 4.78 is 13.6. The number of likely N-dealkylation sites (tertiary alicyclic amines) is 1. The summed E-state index contributed by atoms with van der Waals surface area (Å²) in [4.78, 5) is 14.4. The van der Waals surface area contributed by atoms with Crippen LogP contribution in [0.15, 0.2) is 18.2 Å². The van der Waals surface area contributed by atoms with Gasteiger partial charge in [0.05, 0.1) is 10.6 Å². The van der Waals surface area contributed by atoms with Gasteiger partial charge < -0.3 is 5.32 Å². The van der Waals surface area contributed by atoms with Crippen molar-refractivity contribution in [3.8, 4) is 0 Å². The number of carbonyl (C=O) groups is 1. The third-order valence-corrected chi connectivity index (χ3v) is 4.08. The minimum atomic E-state index is -0.583. The molecule has 0 radical (unpaired) electrons. The van der Waals surface area contributed by atoms with Crippen molar-refractivity contribution < 1.29 is 9.18 Å². The van der Waals surface area contributed by atoms with E-state index >= 15 is 0 Å². The van der Waals surface area contributed by atoms with Crippen LogP contribution in [0, 0.1) is 5.82 Å². The first-order valence-corrected chi connectivity index (χ1v) is 7.43. The second-order valence-electron chi connectivity index (χ2n) is 5.25. The van der Waals surface area contributed by atoms with Gasteiger partial charge in [-0.2, -0.15) is 0 Å². The maximum atomic E-state index is 13.6. The summed E-state index contributed by atoms with van der Waals surface area (Å²) in [5, 5.41) is 2.92. The zero-order valence-electron chi connectivity index (χ0n) is 11.7. The molecule has 1 aromatic carbocycles. The van der Waals surface area contributed by atoms with Crippen LogP contribution in [0.25, 0.3) is 0 Å². The Kier molecular flexibility index (Phi) is 5.38. The molecular weight excluding hydrogens is 279 g/mol. The van der Waals surface area contributed by atoms with Crippen LogP contribution in [0.4, 0.5) is 4.39 Å². The Morgan fingerprint density at radius 2 is 2.10 bits per heavy atom. The fourth-order valence-corrected chi connectivity index (χ4v) is 2.78. The summed E-state index contributed by atoms with van der Waals surface area (Å²) in [7, 11) is 0. The fraction of sp³-hybridized carbons (Fsp3) is 0.533. The molecular formula is C15H20ClFN2O. The Labute approximate surface area is 124 Å². The lowest BCUT2D eigenvalue weighted by molar-refractivity contribution is 0.0926. The normalized spacial score (nSPS) is 17.8. The van der Waals surface area contributed by atoms with Crippen LogP contribution >= 0.6 is 11.6 Å². The van der Waals surface area contributed by atoms with Crippen molar-refractivity contribution in [1.29, 1.82) is 0 Å². The average molecular weight is 299 g/mol. The van der Waals surface area contributed by atoms with Crippen LogP contribution in [-0.4, -0.2) is 36.5 Å². The summed E-state index contributed by atoms with van der Waals surface area (Å²) in [6.45, 7) is 4.72. The van der Waals surface area contributed by atoms with E-state index in [1.54, 1.807) is 0 Å². The van der Waals surface area contributed by atoms with E-state index in [0.29, 0.717) is 6.54 Å². The van der Waals surface area contributed by atoms with Crippen LogP contribution in [-0.2, 0) is 0 Å². The number of nitrogens with zero attached hydrogens (tertiary/aromatic N) is 1. The molecule has 1 aliphatic rings. The molecule has 1 amide bonds. The van der Waals surface area contributed by atoms with E-state index in [0.717, 1.165) is 13.1 Å². The lowest BCUT2D eigenvalue weighted by Gasteiger charge is -2.32. The first-order valence-electron chi connectivity index (χ1n) is 7.06. The number of benzene rings is 1. The summed E-state index contributed by atoms with van der Waals surface area (Å²) in [6, 6.07) is 4.51. The molecule has 1 N–H and O–H groups in total. The Hall–Kier alpha value is -1.13. The molecule has 0 aromatic heterocycles. The standard InChI is InChI=1S/C15H20ClFN2O/c1-11(19-8-3-2-4-9-19)10-18-15(20)14-12(16)6-5-7-13(14)17/h5-7,11H,2-4,8-10H2,1H3,(H,18,20). The molecule has 2 rings (SSSR count). The highest BCUT2D eigenvalue weighted by Crippen LogP contribution is 2.18. The largest absolute Gasteiger partial charge is 0.350 e. The predicted molar refractivity (Wildman–Crippen MR) is 78.6 cm³/mol. The van der Waals surface area contributed by atoms with Gasteiger partial charge in [-0.05, 0) is 45.0 Å². The molecule has 0 saturated carbocycles. The number of piperidine rings is 1. The van der Waals surface area contributed by atoms with E-state index in [1.165, 1.54) is 37.5 Å². The monoisotopic (exact) mass is 298 g/mol. The lowest BCUT2D eigenvalue weighted by atomic mass is 10.1. The highest BCUT2D eigenvalue weighted by molar-refractivity contribution is 6.33. The molecule has 3 nitrogen and oxygen atoms in total. The summed E-state index contributed by atoms with van der Waals surface area (Å²) >= 11 is 5.88. The minimum absolute atomic E-state index is 0.0694. The molecule has 110 valence electrons. The molecule has 1 aliphatic heterocycles. The zero-order valence-corrected chi connectivity index (χ0v) is 12.4. The number of hydrogen-bond acceptors (Lipinski definition) is 2. The van der Waals surface area contributed by atoms with Crippen molar-refractivity contribution >= 4 is 17.5 Å². The average Bonchev–Trinajstić information content (AvgIpc) is 2.45. The van der Waals surface area contributed by atoms with E-state index in [1.807, 2.05) is 0 Å². The Morgan fingerprint density at radius 1 is 1.40 bits per heavy atom. The molecule has 0 spiro atoms. The summed E-state index contributed by atoms with van der Waals surface area (Å²) in [6.07, 6.45) is 3.69. The molecule has 0 bridgehead atoms. The van der Waals surface area contributed by atoms with Gasteiger partial charge in [-0.25, -0.2) is 4.39 Å². The Morgan fingerprint density at radius 3 is 2.75 bits per heavy atom. The highest BCUT2D eigenvalue weighted by atomic mass is 35.5. The van der Waals surface area contributed by atoms with Gasteiger partial charge in [0.25, 0.3) is 5.91 Å². The van der Waals surface area contributed by atoms with Gasteiger partial charge in [-0.3, -0.25) is 9.69 Å². The van der Waals surface area contributed by atoms with Crippen LogP contribution in [0.1, 0.15) is 36.5 Å². The van der Waals surface area contributed by atoms with Crippen molar-refractivity contribution in [2.24, 2.45) is 0 Å². The van der Waals surface area contributed by atoms with E-state index < -0.39 is 11.7 Å². The van der Waals surface area contributed by atoms with Crippen LogP contribution < -0.4 is 5.32 Å². The van der Waals surface area contributed by atoms with Crippen molar-refractivity contribution in [1.82, 2.24) is 10.2 Å². The van der Waals surface area contributed by atoms with Gasteiger partial charge in [0.15, 0.2) is 0 Å². The molecule has 5 heteroatoms.